The third-order valence-electron chi connectivity index (χ3n) is 4.62. The number of hydrogen-bond acceptors (Lipinski definition) is 5. The van der Waals surface area contributed by atoms with Crippen LogP contribution < -0.4 is 0 Å². The van der Waals surface area contributed by atoms with Crippen molar-refractivity contribution in [3.05, 3.63) is 35.2 Å². The smallest absolute Gasteiger partial charge is 0.173 e. The van der Waals surface area contributed by atoms with Crippen LogP contribution in [0, 0.1) is 19.8 Å². The lowest BCUT2D eigenvalue weighted by atomic mass is 10.0. The van der Waals surface area contributed by atoms with Crippen LogP contribution in [-0.4, -0.2) is 51.4 Å². The first-order valence-electron chi connectivity index (χ1n) is 8.74. The Labute approximate surface area is 143 Å². The molecular formula is C18H27N5O. The molecule has 1 aliphatic rings. The van der Waals surface area contributed by atoms with Gasteiger partial charge in [0.2, 0.25) is 0 Å². The largest absolute Gasteiger partial charge is 0.379 e. The van der Waals surface area contributed by atoms with Crippen molar-refractivity contribution >= 4 is 0 Å². The Bertz CT molecular complexity index is 656. The summed E-state index contributed by atoms with van der Waals surface area (Å²) < 4.78 is 7.46. The van der Waals surface area contributed by atoms with Crippen molar-refractivity contribution in [3.63, 3.8) is 0 Å². The number of morpholine rings is 1. The molecule has 2 heterocycles. The summed E-state index contributed by atoms with van der Waals surface area (Å²) in [6, 6.07) is 6.51. The van der Waals surface area contributed by atoms with Gasteiger partial charge in [-0.25, -0.2) is 0 Å². The van der Waals surface area contributed by atoms with Crippen LogP contribution >= 0.6 is 0 Å². The highest BCUT2D eigenvalue weighted by Crippen LogP contribution is 2.29. The van der Waals surface area contributed by atoms with E-state index >= 15 is 0 Å². The molecule has 1 fully saturated rings. The highest BCUT2D eigenvalue weighted by Gasteiger charge is 2.29. The maximum atomic E-state index is 5.53. The van der Waals surface area contributed by atoms with Gasteiger partial charge >= 0.3 is 0 Å². The molecule has 1 aromatic carbocycles. The average Bonchev–Trinajstić information content (AvgIpc) is 3.02. The number of para-hydroxylation sites is 1. The van der Waals surface area contributed by atoms with Crippen LogP contribution in [0.5, 0.6) is 0 Å². The number of benzene rings is 1. The van der Waals surface area contributed by atoms with Crippen LogP contribution in [0.4, 0.5) is 0 Å². The molecule has 0 unspecified atom stereocenters. The number of tetrazole rings is 1. The van der Waals surface area contributed by atoms with Gasteiger partial charge in [-0.15, -0.1) is 5.10 Å². The maximum absolute atomic E-state index is 5.53. The number of ether oxygens (including phenoxy) is 1. The Morgan fingerprint density at radius 3 is 2.42 bits per heavy atom. The SMILES string of the molecule is Cc1cccc(C)c1-n1nnnc1[C@@H](CC(C)C)N1CCOCC1. The second-order valence-electron chi connectivity index (χ2n) is 6.98. The van der Waals surface area contributed by atoms with E-state index in [2.05, 4.69) is 66.3 Å². The minimum absolute atomic E-state index is 0.211. The van der Waals surface area contributed by atoms with Gasteiger partial charge in [0.15, 0.2) is 5.82 Å². The van der Waals surface area contributed by atoms with Gasteiger partial charge in [0.1, 0.15) is 0 Å². The Hall–Kier alpha value is -1.79. The quantitative estimate of drug-likeness (QED) is 0.844. The van der Waals surface area contributed by atoms with Crippen molar-refractivity contribution in [1.82, 2.24) is 25.1 Å². The van der Waals surface area contributed by atoms with Crippen LogP contribution in [0.2, 0.25) is 0 Å². The van der Waals surface area contributed by atoms with Crippen molar-refractivity contribution < 1.29 is 4.74 Å². The number of rotatable bonds is 5. The lowest BCUT2D eigenvalue weighted by Crippen LogP contribution is -2.40. The van der Waals surface area contributed by atoms with Crippen LogP contribution in [-0.2, 0) is 4.74 Å². The molecule has 0 saturated carbocycles. The standard InChI is InChI=1S/C18H27N5O/c1-13(2)12-16(22-8-10-24-11-9-22)18-19-20-21-23(18)17-14(3)6-5-7-15(17)4/h5-7,13,16H,8-12H2,1-4H3/t16-/m1/s1. The normalized spacial score (nSPS) is 17.4. The maximum Gasteiger partial charge on any atom is 0.173 e. The van der Waals surface area contributed by atoms with Crippen LogP contribution in [0.3, 0.4) is 0 Å². The Morgan fingerprint density at radius 2 is 1.79 bits per heavy atom. The minimum atomic E-state index is 0.211. The van der Waals surface area contributed by atoms with Gasteiger partial charge in [0.05, 0.1) is 24.9 Å². The van der Waals surface area contributed by atoms with E-state index in [0.29, 0.717) is 5.92 Å². The van der Waals surface area contributed by atoms with E-state index in [1.54, 1.807) is 0 Å². The molecule has 6 nitrogen and oxygen atoms in total. The van der Waals surface area contributed by atoms with Gasteiger partial charge in [-0.3, -0.25) is 4.90 Å². The summed E-state index contributed by atoms with van der Waals surface area (Å²) in [5.41, 5.74) is 3.47. The zero-order valence-electron chi connectivity index (χ0n) is 15.1. The van der Waals surface area contributed by atoms with Gasteiger partial charge in [-0.05, 0) is 47.7 Å². The van der Waals surface area contributed by atoms with Gasteiger partial charge < -0.3 is 4.74 Å². The minimum Gasteiger partial charge on any atom is -0.379 e. The van der Waals surface area contributed by atoms with E-state index in [4.69, 9.17) is 4.74 Å². The lowest BCUT2D eigenvalue weighted by molar-refractivity contribution is 0.00910. The molecule has 0 amide bonds. The zero-order chi connectivity index (χ0) is 17.1. The second-order valence-corrected chi connectivity index (χ2v) is 6.98. The first-order valence-corrected chi connectivity index (χ1v) is 8.74. The molecule has 0 bridgehead atoms. The van der Waals surface area contributed by atoms with E-state index in [1.807, 2.05) is 4.68 Å². The molecule has 0 N–H and O–H groups in total. The topological polar surface area (TPSA) is 56.1 Å². The Kier molecular flexibility index (Phi) is 5.26. The molecule has 0 aliphatic carbocycles. The highest BCUT2D eigenvalue weighted by molar-refractivity contribution is 5.46. The summed E-state index contributed by atoms with van der Waals surface area (Å²) >= 11 is 0. The van der Waals surface area contributed by atoms with Crippen molar-refractivity contribution in [2.24, 2.45) is 5.92 Å². The molecule has 1 atom stereocenters. The first-order chi connectivity index (χ1) is 11.6. The van der Waals surface area contributed by atoms with Gasteiger partial charge in [0, 0.05) is 13.1 Å². The fourth-order valence-electron chi connectivity index (χ4n) is 3.45. The summed E-state index contributed by atoms with van der Waals surface area (Å²) in [6.45, 7) is 12.1. The molecule has 1 aliphatic heterocycles. The van der Waals surface area contributed by atoms with Gasteiger partial charge in [-0.2, -0.15) is 4.68 Å². The van der Waals surface area contributed by atoms with Crippen LogP contribution in [0.1, 0.15) is 43.3 Å². The third kappa shape index (κ3) is 3.49. The summed E-state index contributed by atoms with van der Waals surface area (Å²) in [5, 5.41) is 12.8. The molecule has 2 aromatic rings. The lowest BCUT2D eigenvalue weighted by Gasteiger charge is -2.34. The highest BCUT2D eigenvalue weighted by atomic mass is 16.5. The van der Waals surface area contributed by atoms with Crippen molar-refractivity contribution in [3.8, 4) is 5.69 Å². The molecule has 1 aromatic heterocycles. The fraction of sp³-hybridized carbons (Fsp3) is 0.611. The van der Waals surface area contributed by atoms with E-state index in [1.165, 1.54) is 11.1 Å². The van der Waals surface area contributed by atoms with Crippen molar-refractivity contribution in [2.75, 3.05) is 26.3 Å². The Balaban J connectivity index is 2.01. The monoisotopic (exact) mass is 329 g/mol. The summed E-state index contributed by atoms with van der Waals surface area (Å²) in [7, 11) is 0. The third-order valence-corrected chi connectivity index (χ3v) is 4.62. The van der Waals surface area contributed by atoms with E-state index < -0.39 is 0 Å². The zero-order valence-corrected chi connectivity index (χ0v) is 15.1. The predicted molar refractivity (Wildman–Crippen MR) is 93.2 cm³/mol. The van der Waals surface area contributed by atoms with Crippen molar-refractivity contribution in [2.45, 2.75) is 40.2 Å². The molecule has 130 valence electrons. The van der Waals surface area contributed by atoms with E-state index in [0.717, 1.165) is 44.2 Å². The van der Waals surface area contributed by atoms with Gasteiger partial charge in [-0.1, -0.05) is 32.0 Å². The summed E-state index contributed by atoms with van der Waals surface area (Å²) in [4.78, 5) is 2.46. The number of aryl methyl sites for hydroxylation is 2. The van der Waals surface area contributed by atoms with Gasteiger partial charge in [0.25, 0.3) is 0 Å². The number of aromatic nitrogens is 4. The molecular weight excluding hydrogens is 302 g/mol. The summed E-state index contributed by atoms with van der Waals surface area (Å²) in [6.07, 6.45) is 1.03. The van der Waals surface area contributed by atoms with Crippen molar-refractivity contribution in [1.29, 1.82) is 0 Å². The van der Waals surface area contributed by atoms with E-state index in [-0.39, 0.29) is 6.04 Å². The predicted octanol–water partition coefficient (Wildman–Crippen LogP) is 2.70. The number of hydrogen-bond donors (Lipinski definition) is 0. The van der Waals surface area contributed by atoms with E-state index in [9.17, 15) is 0 Å². The fourth-order valence-corrected chi connectivity index (χ4v) is 3.45. The first kappa shape index (κ1) is 17.0. The molecule has 24 heavy (non-hydrogen) atoms. The number of nitrogens with zero attached hydrogens (tertiary/aromatic N) is 5. The average molecular weight is 329 g/mol. The molecule has 0 radical (unpaired) electrons. The molecule has 1 saturated heterocycles. The van der Waals surface area contributed by atoms with Crippen LogP contribution in [0.15, 0.2) is 18.2 Å². The molecule has 0 spiro atoms. The molecule has 3 rings (SSSR count). The second kappa shape index (κ2) is 7.40. The summed E-state index contributed by atoms with van der Waals surface area (Å²) in [5.74, 6) is 1.50. The Morgan fingerprint density at radius 1 is 1.12 bits per heavy atom. The van der Waals surface area contributed by atoms with Crippen LogP contribution in [0.25, 0.3) is 5.69 Å². The molecule has 6 heteroatoms.